The van der Waals surface area contributed by atoms with Crippen LogP contribution >= 0.6 is 0 Å². The summed E-state index contributed by atoms with van der Waals surface area (Å²) in [6.45, 7) is 4.52. The number of carbonyl (C=O) groups excluding carboxylic acids is 1. The van der Waals surface area contributed by atoms with Gasteiger partial charge in [0.1, 0.15) is 12.4 Å². The fourth-order valence-electron chi connectivity index (χ4n) is 2.74. The molecular formula is C21H23N3O4. The van der Waals surface area contributed by atoms with Gasteiger partial charge in [-0.25, -0.2) is 0 Å². The molecule has 0 aliphatic carbocycles. The van der Waals surface area contributed by atoms with Gasteiger partial charge in [-0.15, -0.1) is 0 Å². The second-order valence-electron chi connectivity index (χ2n) is 6.28. The number of aryl methyl sites for hydroxylation is 2. The lowest BCUT2D eigenvalue weighted by Gasteiger charge is -2.12. The largest absolute Gasteiger partial charge is 0.493 e. The number of hydrogen-bond acceptors (Lipinski definition) is 6. The Morgan fingerprint density at radius 2 is 2.04 bits per heavy atom. The standard InChI is InChI=1S/C21H23N3O4/c1-14-18(15(2)28-24-14)13-27-19-8-7-16(12-20(19)26-3)21(25)23-11-9-17-6-4-5-10-22-17/h4-8,10,12H,9,11,13H2,1-3H3,(H,23,25). The molecule has 0 fully saturated rings. The molecule has 0 atom stereocenters. The van der Waals surface area contributed by atoms with Gasteiger partial charge in [0, 0.05) is 30.4 Å². The topological polar surface area (TPSA) is 86.5 Å². The number of carbonyl (C=O) groups is 1. The molecule has 0 saturated heterocycles. The van der Waals surface area contributed by atoms with Crippen molar-refractivity contribution < 1.29 is 18.8 Å². The average Bonchev–Trinajstić information content (AvgIpc) is 3.04. The van der Waals surface area contributed by atoms with Crippen LogP contribution in [0.4, 0.5) is 0 Å². The highest BCUT2D eigenvalue weighted by atomic mass is 16.5. The zero-order valence-corrected chi connectivity index (χ0v) is 16.2. The quantitative estimate of drug-likeness (QED) is 0.645. The molecule has 28 heavy (non-hydrogen) atoms. The number of benzene rings is 1. The maximum Gasteiger partial charge on any atom is 0.251 e. The first kappa shape index (κ1) is 19.4. The average molecular weight is 381 g/mol. The van der Waals surface area contributed by atoms with Crippen molar-refractivity contribution in [2.45, 2.75) is 26.9 Å². The van der Waals surface area contributed by atoms with Gasteiger partial charge >= 0.3 is 0 Å². The molecule has 1 amide bonds. The molecule has 0 bridgehead atoms. The van der Waals surface area contributed by atoms with Crippen LogP contribution in [0.25, 0.3) is 0 Å². The monoisotopic (exact) mass is 381 g/mol. The van der Waals surface area contributed by atoms with Crippen molar-refractivity contribution in [2.75, 3.05) is 13.7 Å². The number of ether oxygens (including phenoxy) is 2. The first-order valence-electron chi connectivity index (χ1n) is 8.99. The molecule has 2 aromatic heterocycles. The zero-order valence-electron chi connectivity index (χ0n) is 16.2. The number of methoxy groups -OCH3 is 1. The van der Waals surface area contributed by atoms with Gasteiger partial charge in [0.25, 0.3) is 5.91 Å². The van der Waals surface area contributed by atoms with Crippen LogP contribution in [0.3, 0.4) is 0 Å². The Hall–Kier alpha value is -3.35. The molecule has 0 radical (unpaired) electrons. The number of amides is 1. The lowest BCUT2D eigenvalue weighted by atomic mass is 10.1. The van der Waals surface area contributed by atoms with E-state index in [0.29, 0.717) is 36.6 Å². The second-order valence-corrected chi connectivity index (χ2v) is 6.28. The number of aromatic nitrogens is 2. The van der Waals surface area contributed by atoms with E-state index in [4.69, 9.17) is 14.0 Å². The summed E-state index contributed by atoms with van der Waals surface area (Å²) in [5.74, 6) is 1.59. The maximum absolute atomic E-state index is 12.4. The van der Waals surface area contributed by atoms with E-state index in [0.717, 1.165) is 22.7 Å². The molecule has 0 spiro atoms. The van der Waals surface area contributed by atoms with Gasteiger partial charge < -0.3 is 19.3 Å². The van der Waals surface area contributed by atoms with Crippen molar-refractivity contribution in [3.63, 3.8) is 0 Å². The van der Waals surface area contributed by atoms with Crippen molar-refractivity contribution in [3.05, 3.63) is 70.9 Å². The summed E-state index contributed by atoms with van der Waals surface area (Å²) in [6, 6.07) is 10.8. The molecule has 0 aliphatic heterocycles. The van der Waals surface area contributed by atoms with Crippen LogP contribution < -0.4 is 14.8 Å². The number of nitrogens with zero attached hydrogens (tertiary/aromatic N) is 2. The minimum atomic E-state index is -0.175. The Kier molecular flexibility index (Phi) is 6.26. The molecule has 3 aromatic rings. The highest BCUT2D eigenvalue weighted by Gasteiger charge is 2.14. The Bertz CT molecular complexity index is 919. The fraction of sp³-hybridized carbons (Fsp3) is 0.286. The van der Waals surface area contributed by atoms with E-state index in [1.54, 1.807) is 31.5 Å². The van der Waals surface area contributed by atoms with Crippen LogP contribution in [0.2, 0.25) is 0 Å². The van der Waals surface area contributed by atoms with Crippen LogP contribution in [-0.4, -0.2) is 29.7 Å². The Labute approximate surface area is 163 Å². The van der Waals surface area contributed by atoms with Crippen LogP contribution in [0, 0.1) is 13.8 Å². The second kappa shape index (κ2) is 9.03. The highest BCUT2D eigenvalue weighted by molar-refractivity contribution is 5.94. The normalized spacial score (nSPS) is 10.5. The van der Waals surface area contributed by atoms with Crippen LogP contribution in [-0.2, 0) is 13.0 Å². The molecule has 1 N–H and O–H groups in total. The number of hydrogen-bond donors (Lipinski definition) is 1. The molecule has 1 aromatic carbocycles. The third kappa shape index (κ3) is 4.68. The van der Waals surface area contributed by atoms with Crippen molar-refractivity contribution in [1.29, 1.82) is 0 Å². The predicted octanol–water partition coefficient (Wildman–Crippen LogP) is 3.25. The maximum atomic E-state index is 12.4. The van der Waals surface area contributed by atoms with Crippen molar-refractivity contribution in [3.8, 4) is 11.5 Å². The molecule has 2 heterocycles. The van der Waals surface area contributed by atoms with Crippen LogP contribution in [0.1, 0.15) is 33.1 Å². The minimum Gasteiger partial charge on any atom is -0.493 e. The minimum absolute atomic E-state index is 0.175. The first-order valence-corrected chi connectivity index (χ1v) is 8.99. The van der Waals surface area contributed by atoms with Gasteiger partial charge in [0.2, 0.25) is 0 Å². The molecule has 0 saturated carbocycles. The van der Waals surface area contributed by atoms with Crippen LogP contribution in [0.5, 0.6) is 11.5 Å². The highest BCUT2D eigenvalue weighted by Crippen LogP contribution is 2.29. The third-order valence-electron chi connectivity index (χ3n) is 4.37. The Balaban J connectivity index is 1.61. The van der Waals surface area contributed by atoms with E-state index in [-0.39, 0.29) is 5.91 Å². The van der Waals surface area contributed by atoms with Crippen molar-refractivity contribution >= 4 is 5.91 Å². The SMILES string of the molecule is COc1cc(C(=O)NCCc2ccccn2)ccc1OCc1c(C)noc1C. The van der Waals surface area contributed by atoms with E-state index in [9.17, 15) is 4.79 Å². The number of pyridine rings is 1. The van der Waals surface area contributed by atoms with E-state index in [1.807, 2.05) is 32.0 Å². The summed E-state index contributed by atoms with van der Waals surface area (Å²) in [5.41, 5.74) is 3.13. The van der Waals surface area contributed by atoms with Crippen molar-refractivity contribution in [1.82, 2.24) is 15.5 Å². The molecule has 7 heteroatoms. The van der Waals surface area contributed by atoms with Gasteiger partial charge in [-0.05, 0) is 44.2 Å². The molecule has 3 rings (SSSR count). The molecule has 0 unspecified atom stereocenters. The summed E-state index contributed by atoms with van der Waals surface area (Å²) in [4.78, 5) is 16.6. The molecule has 7 nitrogen and oxygen atoms in total. The lowest BCUT2D eigenvalue weighted by molar-refractivity contribution is 0.0953. The van der Waals surface area contributed by atoms with Gasteiger partial charge in [-0.2, -0.15) is 0 Å². The molecule has 0 aliphatic rings. The summed E-state index contributed by atoms with van der Waals surface area (Å²) in [6.07, 6.45) is 2.41. The zero-order chi connectivity index (χ0) is 19.9. The summed E-state index contributed by atoms with van der Waals surface area (Å²) < 4.78 is 16.4. The molecular weight excluding hydrogens is 358 g/mol. The summed E-state index contributed by atoms with van der Waals surface area (Å²) in [5, 5.41) is 6.81. The third-order valence-corrected chi connectivity index (χ3v) is 4.37. The van der Waals surface area contributed by atoms with E-state index in [1.165, 1.54) is 0 Å². The number of rotatable bonds is 8. The van der Waals surface area contributed by atoms with Gasteiger partial charge in [-0.1, -0.05) is 11.2 Å². The van der Waals surface area contributed by atoms with Crippen LogP contribution in [0.15, 0.2) is 47.1 Å². The first-order chi connectivity index (χ1) is 13.6. The molecule has 146 valence electrons. The number of nitrogens with one attached hydrogen (secondary N) is 1. The van der Waals surface area contributed by atoms with E-state index < -0.39 is 0 Å². The van der Waals surface area contributed by atoms with Crippen molar-refractivity contribution in [2.24, 2.45) is 0 Å². The predicted molar refractivity (Wildman–Crippen MR) is 104 cm³/mol. The van der Waals surface area contributed by atoms with E-state index >= 15 is 0 Å². The Morgan fingerprint density at radius 1 is 1.18 bits per heavy atom. The summed E-state index contributed by atoms with van der Waals surface area (Å²) in [7, 11) is 1.54. The summed E-state index contributed by atoms with van der Waals surface area (Å²) >= 11 is 0. The van der Waals surface area contributed by atoms with Gasteiger partial charge in [0.15, 0.2) is 11.5 Å². The lowest BCUT2D eigenvalue weighted by Crippen LogP contribution is -2.25. The van der Waals surface area contributed by atoms with Gasteiger partial charge in [-0.3, -0.25) is 9.78 Å². The van der Waals surface area contributed by atoms with E-state index in [2.05, 4.69) is 15.5 Å². The Morgan fingerprint density at radius 3 is 2.71 bits per heavy atom. The van der Waals surface area contributed by atoms with Gasteiger partial charge in [0.05, 0.1) is 18.4 Å². The smallest absolute Gasteiger partial charge is 0.251 e. The fourth-order valence-corrected chi connectivity index (χ4v) is 2.74.